The average molecular weight is 458 g/mol. The Hall–Kier alpha value is -4.57. The van der Waals surface area contributed by atoms with Crippen LogP contribution in [-0.2, 0) is 17.8 Å². The molecule has 0 fully saturated rings. The molecule has 2 N–H and O–H groups in total. The Kier molecular flexibility index (Phi) is 8.03. The minimum Gasteiger partial charge on any atom is -0.508 e. The molecule has 0 bridgehead atoms. The topological polar surface area (TPSA) is 91.6 Å². The van der Waals surface area contributed by atoms with Gasteiger partial charge in [0.1, 0.15) is 29.8 Å². The molecule has 6 nitrogen and oxygen atoms in total. The highest BCUT2D eigenvalue weighted by Crippen LogP contribution is 2.35. The van der Waals surface area contributed by atoms with E-state index in [1.807, 2.05) is 6.07 Å². The van der Waals surface area contributed by atoms with Gasteiger partial charge < -0.3 is 19.9 Å². The standard InChI is InChI=1S/C27H23FN2O4/c1-3-6-19-13-18(14-21(16-29)27(32)30-22-9-11-23(31)12-10-22)15-25(33-2)26(19)34-17-20-7-4-5-8-24(20)28/h3-5,7-15,31H,1,6,17H2,2H3,(H,30,32)/b21-14+. The van der Waals surface area contributed by atoms with E-state index in [0.29, 0.717) is 40.3 Å². The predicted octanol–water partition coefficient (Wildman–Crippen LogP) is 5.39. The summed E-state index contributed by atoms with van der Waals surface area (Å²) in [7, 11) is 1.47. The lowest BCUT2D eigenvalue weighted by Crippen LogP contribution is -2.13. The minimum atomic E-state index is -0.600. The third kappa shape index (κ3) is 6.02. The van der Waals surface area contributed by atoms with Crippen molar-refractivity contribution in [3.63, 3.8) is 0 Å². The zero-order valence-electron chi connectivity index (χ0n) is 18.5. The molecule has 0 radical (unpaired) electrons. The number of ether oxygens (including phenoxy) is 2. The lowest BCUT2D eigenvalue weighted by Gasteiger charge is -2.16. The van der Waals surface area contributed by atoms with Crippen LogP contribution in [0.3, 0.4) is 0 Å². The molecule has 0 atom stereocenters. The van der Waals surface area contributed by atoms with Gasteiger partial charge in [-0.15, -0.1) is 6.58 Å². The number of methoxy groups -OCH3 is 1. The van der Waals surface area contributed by atoms with Crippen LogP contribution in [0.1, 0.15) is 16.7 Å². The highest BCUT2D eigenvalue weighted by Gasteiger charge is 2.15. The minimum absolute atomic E-state index is 0.000837. The second kappa shape index (κ2) is 11.3. The van der Waals surface area contributed by atoms with Gasteiger partial charge in [0.05, 0.1) is 7.11 Å². The average Bonchev–Trinajstić information content (AvgIpc) is 2.84. The third-order valence-electron chi connectivity index (χ3n) is 4.87. The maximum Gasteiger partial charge on any atom is 0.266 e. The Bertz CT molecular complexity index is 1260. The Morgan fingerprint density at radius 1 is 1.18 bits per heavy atom. The molecule has 3 aromatic rings. The molecular weight excluding hydrogens is 435 g/mol. The number of nitrogens with one attached hydrogen (secondary N) is 1. The molecule has 0 heterocycles. The summed E-state index contributed by atoms with van der Waals surface area (Å²) in [6.07, 6.45) is 3.54. The van der Waals surface area contributed by atoms with Crippen molar-refractivity contribution in [2.24, 2.45) is 0 Å². The number of nitrogens with zero attached hydrogens (tertiary/aromatic N) is 1. The van der Waals surface area contributed by atoms with Crippen LogP contribution in [0.25, 0.3) is 6.08 Å². The van der Waals surface area contributed by atoms with Crippen molar-refractivity contribution in [3.8, 4) is 23.3 Å². The number of hydrogen-bond donors (Lipinski definition) is 2. The zero-order chi connectivity index (χ0) is 24.5. The summed E-state index contributed by atoms with van der Waals surface area (Å²) in [5, 5.41) is 21.5. The highest BCUT2D eigenvalue weighted by molar-refractivity contribution is 6.09. The van der Waals surface area contributed by atoms with E-state index in [2.05, 4.69) is 11.9 Å². The lowest BCUT2D eigenvalue weighted by molar-refractivity contribution is -0.112. The molecule has 3 aromatic carbocycles. The number of benzene rings is 3. The van der Waals surface area contributed by atoms with Crippen molar-refractivity contribution < 1.29 is 23.8 Å². The summed E-state index contributed by atoms with van der Waals surface area (Å²) in [5.41, 5.74) is 1.96. The van der Waals surface area contributed by atoms with Crippen LogP contribution in [0.4, 0.5) is 10.1 Å². The second-order valence-corrected chi connectivity index (χ2v) is 7.26. The number of rotatable bonds is 9. The van der Waals surface area contributed by atoms with Crippen molar-refractivity contribution in [1.29, 1.82) is 5.26 Å². The highest BCUT2D eigenvalue weighted by atomic mass is 19.1. The van der Waals surface area contributed by atoms with Crippen molar-refractivity contribution in [2.75, 3.05) is 12.4 Å². The van der Waals surface area contributed by atoms with Gasteiger partial charge in [-0.05, 0) is 60.5 Å². The molecule has 0 aliphatic heterocycles. The smallest absolute Gasteiger partial charge is 0.266 e. The van der Waals surface area contributed by atoms with Gasteiger partial charge in [-0.3, -0.25) is 4.79 Å². The fraction of sp³-hybridized carbons (Fsp3) is 0.111. The Labute approximate surface area is 197 Å². The van der Waals surface area contributed by atoms with Crippen LogP contribution in [0.15, 0.2) is 78.9 Å². The molecule has 0 aromatic heterocycles. The number of carbonyl (C=O) groups excluding carboxylic acids is 1. The Balaban J connectivity index is 1.90. The van der Waals surface area contributed by atoms with Gasteiger partial charge in [0, 0.05) is 16.8 Å². The van der Waals surface area contributed by atoms with E-state index >= 15 is 0 Å². The van der Waals surface area contributed by atoms with E-state index in [1.165, 1.54) is 43.5 Å². The number of aromatic hydroxyl groups is 1. The maximum atomic E-state index is 14.0. The molecule has 0 aliphatic carbocycles. The first-order chi connectivity index (χ1) is 16.4. The molecule has 0 unspecified atom stereocenters. The number of amides is 1. The fourth-order valence-corrected chi connectivity index (χ4v) is 3.21. The number of carbonyl (C=O) groups is 1. The van der Waals surface area contributed by atoms with E-state index in [-0.39, 0.29) is 23.7 Å². The first-order valence-electron chi connectivity index (χ1n) is 10.3. The molecule has 7 heteroatoms. The number of nitriles is 1. The lowest BCUT2D eigenvalue weighted by atomic mass is 10.0. The first-order valence-corrected chi connectivity index (χ1v) is 10.3. The first kappa shape index (κ1) is 24.1. The van der Waals surface area contributed by atoms with Crippen molar-refractivity contribution in [3.05, 3.63) is 101 Å². The van der Waals surface area contributed by atoms with Gasteiger partial charge in [-0.1, -0.05) is 24.3 Å². The van der Waals surface area contributed by atoms with Crippen molar-refractivity contribution in [1.82, 2.24) is 0 Å². The number of allylic oxidation sites excluding steroid dienone is 1. The summed E-state index contributed by atoms with van der Waals surface area (Å²) in [6, 6.07) is 17.5. The fourth-order valence-electron chi connectivity index (χ4n) is 3.21. The van der Waals surface area contributed by atoms with Gasteiger partial charge in [-0.25, -0.2) is 4.39 Å². The van der Waals surface area contributed by atoms with Crippen LogP contribution in [0, 0.1) is 17.1 Å². The maximum absolute atomic E-state index is 14.0. The molecule has 172 valence electrons. The summed E-state index contributed by atoms with van der Waals surface area (Å²) >= 11 is 0. The normalized spacial score (nSPS) is 10.8. The van der Waals surface area contributed by atoms with E-state index in [0.717, 1.165) is 0 Å². The number of phenolic OH excluding ortho intramolecular Hbond substituents is 1. The second-order valence-electron chi connectivity index (χ2n) is 7.26. The zero-order valence-corrected chi connectivity index (χ0v) is 18.5. The summed E-state index contributed by atoms with van der Waals surface area (Å²) in [4.78, 5) is 12.6. The predicted molar refractivity (Wildman–Crippen MR) is 128 cm³/mol. The molecule has 1 amide bonds. The molecule has 3 rings (SSSR count). The van der Waals surface area contributed by atoms with Crippen LogP contribution in [0.5, 0.6) is 17.2 Å². The summed E-state index contributed by atoms with van der Waals surface area (Å²) in [6.45, 7) is 3.77. The SMILES string of the molecule is C=CCc1cc(/C=C(\C#N)C(=O)Nc2ccc(O)cc2)cc(OC)c1OCc1ccccc1F. The van der Waals surface area contributed by atoms with Crippen LogP contribution in [-0.4, -0.2) is 18.1 Å². The summed E-state index contributed by atoms with van der Waals surface area (Å²) in [5.74, 6) is -0.108. The Morgan fingerprint density at radius 3 is 2.56 bits per heavy atom. The Morgan fingerprint density at radius 2 is 1.91 bits per heavy atom. The van der Waals surface area contributed by atoms with E-state index in [9.17, 15) is 19.6 Å². The molecular formula is C27H23FN2O4. The molecule has 34 heavy (non-hydrogen) atoms. The summed E-state index contributed by atoms with van der Waals surface area (Å²) < 4.78 is 25.4. The van der Waals surface area contributed by atoms with E-state index < -0.39 is 5.91 Å². The number of phenols is 1. The van der Waals surface area contributed by atoms with Crippen LogP contribution >= 0.6 is 0 Å². The molecule has 0 aliphatic rings. The van der Waals surface area contributed by atoms with Crippen LogP contribution < -0.4 is 14.8 Å². The number of hydrogen-bond acceptors (Lipinski definition) is 5. The monoisotopic (exact) mass is 458 g/mol. The third-order valence-corrected chi connectivity index (χ3v) is 4.87. The van der Waals surface area contributed by atoms with E-state index in [4.69, 9.17) is 9.47 Å². The van der Waals surface area contributed by atoms with Crippen molar-refractivity contribution in [2.45, 2.75) is 13.0 Å². The van der Waals surface area contributed by atoms with E-state index in [1.54, 1.807) is 36.4 Å². The number of halogens is 1. The quantitative estimate of drug-likeness (QED) is 0.194. The van der Waals surface area contributed by atoms with Gasteiger partial charge in [0.25, 0.3) is 5.91 Å². The molecule has 0 saturated carbocycles. The number of anilines is 1. The van der Waals surface area contributed by atoms with Gasteiger partial charge in [-0.2, -0.15) is 5.26 Å². The molecule has 0 saturated heterocycles. The van der Waals surface area contributed by atoms with Gasteiger partial charge in [0.2, 0.25) is 0 Å². The van der Waals surface area contributed by atoms with Gasteiger partial charge in [0.15, 0.2) is 11.5 Å². The van der Waals surface area contributed by atoms with Crippen LogP contribution in [0.2, 0.25) is 0 Å². The van der Waals surface area contributed by atoms with Crippen molar-refractivity contribution >= 4 is 17.7 Å². The largest absolute Gasteiger partial charge is 0.508 e. The van der Waals surface area contributed by atoms with Gasteiger partial charge >= 0.3 is 0 Å². The molecule has 0 spiro atoms.